The first-order chi connectivity index (χ1) is 16.2. The molecule has 4 rings (SSSR count). The highest BCUT2D eigenvalue weighted by atomic mass is 35.5. The number of nitrogens with zero attached hydrogens (tertiary/aromatic N) is 1. The number of thioether (sulfide) groups is 1. The van der Waals surface area contributed by atoms with Gasteiger partial charge in [0, 0.05) is 15.6 Å². The molecule has 0 unspecified atom stereocenters. The number of carbonyl (C=O) groups is 1. The van der Waals surface area contributed by atoms with Crippen LogP contribution in [0.3, 0.4) is 0 Å². The number of aliphatic imine (C=N–C) groups is 1. The minimum absolute atomic E-state index is 0.153. The quantitative estimate of drug-likeness (QED) is 0.301. The van der Waals surface area contributed by atoms with Crippen LogP contribution in [0.25, 0.3) is 6.08 Å². The molecule has 3 aromatic rings. The summed E-state index contributed by atoms with van der Waals surface area (Å²) in [7, 11) is 0. The third-order valence-electron chi connectivity index (χ3n) is 4.51. The lowest BCUT2D eigenvalue weighted by molar-refractivity contribution is -0.115. The number of carbonyl (C=O) groups excluding carboxylic acids is 1. The van der Waals surface area contributed by atoms with Crippen molar-refractivity contribution in [3.63, 3.8) is 0 Å². The van der Waals surface area contributed by atoms with Crippen LogP contribution in [-0.2, 0) is 11.4 Å². The van der Waals surface area contributed by atoms with E-state index in [0.29, 0.717) is 47.2 Å². The monoisotopic (exact) mass is 590 g/mol. The number of hydrogen-bond donors (Lipinski definition) is 1. The molecule has 11 heteroatoms. The van der Waals surface area contributed by atoms with Crippen LogP contribution < -0.4 is 10.1 Å². The van der Waals surface area contributed by atoms with Gasteiger partial charge in [-0.1, -0.05) is 81.7 Å². The second-order valence-corrected chi connectivity index (χ2v) is 10.4. The Hall–Kier alpha value is -1.57. The van der Waals surface area contributed by atoms with Gasteiger partial charge in [-0.2, -0.15) is 0 Å². The third-order valence-corrected chi connectivity index (χ3v) is 7.38. The van der Waals surface area contributed by atoms with Crippen molar-refractivity contribution in [2.75, 3.05) is 0 Å². The second kappa shape index (κ2) is 11.0. The number of rotatable bonds is 5. The molecule has 0 aliphatic carbocycles. The highest BCUT2D eigenvalue weighted by Gasteiger charge is 2.24. The van der Waals surface area contributed by atoms with Crippen molar-refractivity contribution in [3.05, 3.63) is 94.7 Å². The highest BCUT2D eigenvalue weighted by Crippen LogP contribution is 2.38. The van der Waals surface area contributed by atoms with E-state index in [2.05, 4.69) is 10.3 Å². The smallest absolute Gasteiger partial charge is 0.264 e. The Kier molecular flexibility index (Phi) is 8.26. The molecule has 0 radical (unpaired) electrons. The van der Waals surface area contributed by atoms with Crippen molar-refractivity contribution < 1.29 is 9.53 Å². The molecule has 1 fully saturated rings. The topological polar surface area (TPSA) is 50.7 Å². The molecule has 0 saturated carbocycles. The largest absolute Gasteiger partial charge is 0.486 e. The van der Waals surface area contributed by atoms with Crippen LogP contribution in [0, 0.1) is 0 Å². The van der Waals surface area contributed by atoms with Gasteiger partial charge in [0.1, 0.15) is 6.61 Å². The van der Waals surface area contributed by atoms with Crippen molar-refractivity contribution in [1.82, 2.24) is 5.32 Å². The van der Waals surface area contributed by atoms with Crippen LogP contribution in [0.4, 0.5) is 5.69 Å². The molecule has 4 nitrogen and oxygen atoms in total. The summed E-state index contributed by atoms with van der Waals surface area (Å²) in [6.45, 7) is 0.153. The van der Waals surface area contributed by atoms with Gasteiger partial charge in [0.05, 0.1) is 30.7 Å². The average molecular weight is 593 g/mol. The zero-order chi connectivity index (χ0) is 24.4. The number of halogens is 6. The molecule has 1 aliphatic heterocycles. The van der Waals surface area contributed by atoms with E-state index in [9.17, 15) is 4.79 Å². The van der Waals surface area contributed by atoms with E-state index in [4.69, 9.17) is 74.3 Å². The lowest BCUT2D eigenvalue weighted by Gasteiger charge is -2.12. The lowest BCUT2D eigenvalue weighted by atomic mass is 10.2. The molecule has 1 N–H and O–H groups in total. The SMILES string of the molecule is O=C1NC(=Nc2cccc(Cl)c2Cl)S/C1=C/c1cc(Cl)c(OCc2ccc(Cl)cc2Cl)c(Cl)c1. The Morgan fingerprint density at radius 1 is 0.912 bits per heavy atom. The molecule has 34 heavy (non-hydrogen) atoms. The van der Waals surface area contributed by atoms with Crippen LogP contribution in [0.15, 0.2) is 58.4 Å². The van der Waals surface area contributed by atoms with E-state index in [1.165, 1.54) is 0 Å². The Bertz CT molecular complexity index is 1340. The van der Waals surface area contributed by atoms with Crippen LogP contribution in [0.1, 0.15) is 11.1 Å². The predicted molar refractivity (Wildman–Crippen MR) is 145 cm³/mol. The van der Waals surface area contributed by atoms with Crippen LogP contribution in [0.5, 0.6) is 5.75 Å². The first-order valence-electron chi connectivity index (χ1n) is 9.50. The van der Waals surface area contributed by atoms with E-state index >= 15 is 0 Å². The van der Waals surface area contributed by atoms with Crippen molar-refractivity contribution in [2.24, 2.45) is 4.99 Å². The van der Waals surface area contributed by atoms with Crippen molar-refractivity contribution >= 4 is 104 Å². The van der Waals surface area contributed by atoms with Gasteiger partial charge in [0.2, 0.25) is 0 Å². The highest BCUT2D eigenvalue weighted by molar-refractivity contribution is 8.18. The van der Waals surface area contributed by atoms with Crippen molar-refractivity contribution in [3.8, 4) is 5.75 Å². The van der Waals surface area contributed by atoms with E-state index in [-0.39, 0.29) is 22.6 Å². The number of ether oxygens (including phenoxy) is 1. The van der Waals surface area contributed by atoms with Gasteiger partial charge in [0.15, 0.2) is 10.9 Å². The Labute approximate surface area is 229 Å². The normalized spacial score (nSPS) is 15.8. The summed E-state index contributed by atoms with van der Waals surface area (Å²) in [6.07, 6.45) is 1.65. The molecule has 174 valence electrons. The summed E-state index contributed by atoms with van der Waals surface area (Å²) in [5, 5.41) is 5.32. The van der Waals surface area contributed by atoms with Gasteiger partial charge in [-0.05, 0) is 59.8 Å². The lowest BCUT2D eigenvalue weighted by Crippen LogP contribution is -2.19. The fourth-order valence-corrected chi connectivity index (χ4v) is 5.16. The van der Waals surface area contributed by atoms with E-state index in [1.807, 2.05) is 0 Å². The minimum atomic E-state index is -0.313. The van der Waals surface area contributed by atoms with E-state index in [1.54, 1.807) is 54.6 Å². The molecule has 1 saturated heterocycles. The minimum Gasteiger partial charge on any atom is -0.486 e. The summed E-state index contributed by atoms with van der Waals surface area (Å²) in [6, 6.07) is 13.5. The second-order valence-electron chi connectivity index (χ2n) is 6.89. The maximum absolute atomic E-state index is 12.4. The van der Waals surface area contributed by atoms with Crippen molar-refractivity contribution in [1.29, 1.82) is 0 Å². The van der Waals surface area contributed by atoms with Crippen molar-refractivity contribution in [2.45, 2.75) is 6.61 Å². The summed E-state index contributed by atoms with van der Waals surface area (Å²) in [5.74, 6) is -0.00951. The van der Waals surface area contributed by atoms with Gasteiger partial charge >= 0.3 is 0 Å². The Balaban J connectivity index is 1.52. The van der Waals surface area contributed by atoms with Gasteiger partial charge in [-0.25, -0.2) is 4.99 Å². The Morgan fingerprint density at radius 3 is 2.35 bits per heavy atom. The Morgan fingerprint density at radius 2 is 1.65 bits per heavy atom. The molecule has 0 aromatic heterocycles. The number of amides is 1. The van der Waals surface area contributed by atoms with Crippen LogP contribution in [-0.4, -0.2) is 11.1 Å². The van der Waals surface area contributed by atoms with Gasteiger partial charge in [-0.15, -0.1) is 0 Å². The van der Waals surface area contributed by atoms with Gasteiger partial charge in [0.25, 0.3) is 5.91 Å². The number of benzene rings is 3. The van der Waals surface area contributed by atoms with Gasteiger partial charge in [-0.3, -0.25) is 4.79 Å². The number of hydrogen-bond acceptors (Lipinski definition) is 4. The molecular weight excluding hydrogens is 581 g/mol. The molecular formula is C23H12Cl6N2O2S. The first kappa shape index (κ1) is 25.5. The average Bonchev–Trinajstić information content (AvgIpc) is 3.10. The molecule has 0 spiro atoms. The van der Waals surface area contributed by atoms with Crippen LogP contribution in [0.2, 0.25) is 30.1 Å². The van der Waals surface area contributed by atoms with Gasteiger partial charge < -0.3 is 10.1 Å². The molecule has 1 heterocycles. The van der Waals surface area contributed by atoms with E-state index in [0.717, 1.165) is 17.3 Å². The summed E-state index contributed by atoms with van der Waals surface area (Å²) >= 11 is 38.3. The summed E-state index contributed by atoms with van der Waals surface area (Å²) < 4.78 is 5.79. The number of nitrogens with one attached hydrogen (secondary N) is 1. The fourth-order valence-electron chi connectivity index (χ4n) is 2.91. The fraction of sp³-hybridized carbons (Fsp3) is 0.0435. The predicted octanol–water partition coefficient (Wildman–Crippen LogP) is 9.08. The molecule has 0 atom stereocenters. The summed E-state index contributed by atoms with van der Waals surface area (Å²) in [4.78, 5) is 17.2. The molecule has 3 aromatic carbocycles. The van der Waals surface area contributed by atoms with Crippen LogP contribution >= 0.6 is 81.4 Å². The standard InChI is InChI=1S/C23H12Cl6N2O2S/c24-13-5-4-12(15(26)9-13)10-33-21-16(27)6-11(7-17(21)28)8-19-22(32)31-23(34-19)30-18-3-1-2-14(25)20(18)29/h1-9H,10H2,(H,30,31,32)/b19-8+. The zero-order valence-corrected chi connectivity index (χ0v) is 22.2. The summed E-state index contributed by atoms with van der Waals surface area (Å²) in [5.41, 5.74) is 1.80. The molecule has 0 bridgehead atoms. The zero-order valence-electron chi connectivity index (χ0n) is 16.8. The molecule has 1 aliphatic rings. The maximum Gasteiger partial charge on any atom is 0.264 e. The van der Waals surface area contributed by atoms with E-state index < -0.39 is 0 Å². The number of amidine groups is 1. The third kappa shape index (κ3) is 5.97. The first-order valence-corrected chi connectivity index (χ1v) is 12.6. The maximum atomic E-state index is 12.4. The molecule has 1 amide bonds.